The number of nitrogens with one attached hydrogen (secondary N) is 1. The summed E-state index contributed by atoms with van der Waals surface area (Å²) in [5.74, 6) is 2.89. The van der Waals surface area contributed by atoms with E-state index in [-0.39, 0.29) is 0 Å². The predicted octanol–water partition coefficient (Wildman–Crippen LogP) is 4.49. The second kappa shape index (κ2) is 7.20. The molecule has 1 N–H and O–H groups in total. The normalized spacial score (nSPS) is 18.8. The van der Waals surface area contributed by atoms with Gasteiger partial charge in [0, 0.05) is 30.8 Å². The topological polar surface area (TPSA) is 41.1 Å². The molecule has 2 heterocycles. The Morgan fingerprint density at radius 2 is 1.62 bits per heavy atom. The largest absolute Gasteiger partial charge is 0.367 e. The van der Waals surface area contributed by atoms with Gasteiger partial charge in [0.25, 0.3) is 0 Å². The summed E-state index contributed by atoms with van der Waals surface area (Å²) in [5, 5.41) is 3.65. The molecular weight excluding hydrogens is 296 g/mol. The predicted molar refractivity (Wildman–Crippen MR) is 99.4 cm³/mol. The van der Waals surface area contributed by atoms with E-state index in [2.05, 4.69) is 40.5 Å². The van der Waals surface area contributed by atoms with Crippen molar-refractivity contribution < 1.29 is 0 Å². The molecule has 0 radical (unpaired) electrons. The monoisotopic (exact) mass is 322 g/mol. The molecule has 0 atom stereocenters. The first-order valence-electron chi connectivity index (χ1n) is 9.34. The summed E-state index contributed by atoms with van der Waals surface area (Å²) in [6, 6.07) is 13.0. The van der Waals surface area contributed by atoms with Crippen LogP contribution >= 0.6 is 0 Å². The van der Waals surface area contributed by atoms with E-state index < -0.39 is 0 Å². The Morgan fingerprint density at radius 1 is 0.875 bits per heavy atom. The van der Waals surface area contributed by atoms with Crippen molar-refractivity contribution in [2.24, 2.45) is 0 Å². The first kappa shape index (κ1) is 15.4. The van der Waals surface area contributed by atoms with Crippen LogP contribution in [-0.2, 0) is 0 Å². The quantitative estimate of drug-likeness (QED) is 0.900. The Bertz CT molecular complexity index is 659. The number of hydrogen-bond acceptors (Lipinski definition) is 4. The van der Waals surface area contributed by atoms with Crippen molar-refractivity contribution in [3.8, 4) is 11.4 Å². The molecule has 2 aliphatic rings. The van der Waals surface area contributed by atoms with Crippen LogP contribution in [0.3, 0.4) is 0 Å². The number of rotatable bonds is 4. The molecular formula is C20H26N4. The molecule has 1 aromatic carbocycles. The van der Waals surface area contributed by atoms with Crippen molar-refractivity contribution in [1.82, 2.24) is 9.97 Å². The second-order valence-corrected chi connectivity index (χ2v) is 6.97. The highest BCUT2D eigenvalue weighted by Crippen LogP contribution is 2.27. The van der Waals surface area contributed by atoms with Gasteiger partial charge in [0.15, 0.2) is 5.82 Å². The third-order valence-corrected chi connectivity index (χ3v) is 5.13. The summed E-state index contributed by atoms with van der Waals surface area (Å²) in [6.45, 7) is 2.21. The SMILES string of the molecule is c1ccc(-c2nc(NC3CCCC3)cc(N3CCCCC3)n2)cc1. The van der Waals surface area contributed by atoms with Crippen LogP contribution in [0.15, 0.2) is 36.4 Å². The van der Waals surface area contributed by atoms with Gasteiger partial charge in [-0.1, -0.05) is 43.2 Å². The van der Waals surface area contributed by atoms with Crippen LogP contribution in [0.2, 0.25) is 0 Å². The maximum absolute atomic E-state index is 4.88. The van der Waals surface area contributed by atoms with Crippen molar-refractivity contribution in [3.05, 3.63) is 36.4 Å². The van der Waals surface area contributed by atoms with E-state index in [4.69, 9.17) is 9.97 Å². The summed E-state index contributed by atoms with van der Waals surface area (Å²) in [4.78, 5) is 12.1. The first-order valence-corrected chi connectivity index (χ1v) is 9.34. The van der Waals surface area contributed by atoms with Crippen molar-refractivity contribution in [3.63, 3.8) is 0 Å². The van der Waals surface area contributed by atoms with Gasteiger partial charge in [-0.15, -0.1) is 0 Å². The molecule has 2 fully saturated rings. The van der Waals surface area contributed by atoms with E-state index in [0.717, 1.165) is 36.1 Å². The van der Waals surface area contributed by atoms with Crippen LogP contribution in [0.5, 0.6) is 0 Å². The number of piperidine rings is 1. The average molecular weight is 322 g/mol. The maximum Gasteiger partial charge on any atom is 0.163 e. The molecule has 1 aliphatic heterocycles. The Labute approximate surface area is 144 Å². The van der Waals surface area contributed by atoms with Crippen molar-refractivity contribution in [2.45, 2.75) is 51.0 Å². The van der Waals surface area contributed by atoms with Crippen LogP contribution in [0, 0.1) is 0 Å². The van der Waals surface area contributed by atoms with Crippen molar-refractivity contribution >= 4 is 11.6 Å². The number of hydrogen-bond donors (Lipinski definition) is 1. The average Bonchev–Trinajstić information content (AvgIpc) is 3.16. The zero-order valence-electron chi connectivity index (χ0n) is 14.2. The molecule has 24 heavy (non-hydrogen) atoms. The van der Waals surface area contributed by atoms with Gasteiger partial charge in [0.1, 0.15) is 11.6 Å². The lowest BCUT2D eigenvalue weighted by Gasteiger charge is -2.28. The van der Waals surface area contributed by atoms with E-state index in [0.29, 0.717) is 6.04 Å². The van der Waals surface area contributed by atoms with Gasteiger partial charge in [-0.05, 0) is 32.1 Å². The smallest absolute Gasteiger partial charge is 0.163 e. The van der Waals surface area contributed by atoms with E-state index in [1.54, 1.807) is 0 Å². The third-order valence-electron chi connectivity index (χ3n) is 5.13. The van der Waals surface area contributed by atoms with Gasteiger partial charge in [-0.3, -0.25) is 0 Å². The van der Waals surface area contributed by atoms with Crippen LogP contribution < -0.4 is 10.2 Å². The molecule has 1 saturated heterocycles. The standard InChI is InChI=1S/C20H26N4/c1-3-9-16(10-4-1)20-22-18(21-17-11-5-6-12-17)15-19(23-20)24-13-7-2-8-14-24/h1,3-4,9-10,15,17H,2,5-8,11-14H2,(H,21,22,23). The molecule has 0 amide bonds. The van der Waals surface area contributed by atoms with Crippen molar-refractivity contribution in [2.75, 3.05) is 23.3 Å². The molecule has 2 aromatic rings. The molecule has 1 aliphatic carbocycles. The highest BCUT2D eigenvalue weighted by Gasteiger charge is 2.19. The minimum Gasteiger partial charge on any atom is -0.367 e. The fourth-order valence-electron chi connectivity index (χ4n) is 3.79. The first-order chi connectivity index (χ1) is 11.9. The fourth-order valence-corrected chi connectivity index (χ4v) is 3.79. The van der Waals surface area contributed by atoms with Gasteiger partial charge >= 0.3 is 0 Å². The second-order valence-electron chi connectivity index (χ2n) is 6.97. The highest BCUT2D eigenvalue weighted by molar-refractivity contribution is 5.62. The molecule has 1 saturated carbocycles. The van der Waals surface area contributed by atoms with Gasteiger partial charge < -0.3 is 10.2 Å². The van der Waals surface area contributed by atoms with Crippen LogP contribution in [0.1, 0.15) is 44.9 Å². The zero-order valence-corrected chi connectivity index (χ0v) is 14.2. The molecule has 0 bridgehead atoms. The Morgan fingerprint density at radius 3 is 2.38 bits per heavy atom. The van der Waals surface area contributed by atoms with Crippen LogP contribution in [0.4, 0.5) is 11.6 Å². The van der Waals surface area contributed by atoms with Gasteiger partial charge in [0.2, 0.25) is 0 Å². The van der Waals surface area contributed by atoms with Crippen LogP contribution in [-0.4, -0.2) is 29.1 Å². The summed E-state index contributed by atoms with van der Waals surface area (Å²) < 4.78 is 0. The third kappa shape index (κ3) is 3.53. The number of aromatic nitrogens is 2. The summed E-state index contributed by atoms with van der Waals surface area (Å²) in [5.41, 5.74) is 1.09. The highest BCUT2D eigenvalue weighted by atomic mass is 15.2. The fraction of sp³-hybridized carbons (Fsp3) is 0.500. The Balaban J connectivity index is 1.66. The molecule has 0 unspecified atom stereocenters. The maximum atomic E-state index is 4.88. The minimum absolute atomic E-state index is 0.567. The summed E-state index contributed by atoms with van der Waals surface area (Å²) >= 11 is 0. The lowest BCUT2D eigenvalue weighted by Crippen LogP contribution is -2.30. The molecule has 126 valence electrons. The Kier molecular flexibility index (Phi) is 4.63. The van der Waals surface area contributed by atoms with Crippen LogP contribution in [0.25, 0.3) is 11.4 Å². The van der Waals surface area contributed by atoms with Gasteiger partial charge in [-0.25, -0.2) is 9.97 Å². The molecule has 4 nitrogen and oxygen atoms in total. The van der Waals surface area contributed by atoms with Gasteiger partial charge in [0.05, 0.1) is 0 Å². The number of anilines is 2. The summed E-state index contributed by atoms with van der Waals surface area (Å²) in [7, 11) is 0. The number of nitrogens with zero attached hydrogens (tertiary/aromatic N) is 3. The molecule has 0 spiro atoms. The Hall–Kier alpha value is -2.10. The van der Waals surface area contributed by atoms with Gasteiger partial charge in [-0.2, -0.15) is 0 Å². The minimum atomic E-state index is 0.567. The van der Waals surface area contributed by atoms with E-state index in [1.165, 1.54) is 44.9 Å². The molecule has 4 rings (SSSR count). The number of benzene rings is 1. The van der Waals surface area contributed by atoms with E-state index in [1.807, 2.05) is 6.07 Å². The van der Waals surface area contributed by atoms with E-state index in [9.17, 15) is 0 Å². The molecule has 4 heteroatoms. The summed E-state index contributed by atoms with van der Waals surface area (Å²) in [6.07, 6.45) is 9.01. The lowest BCUT2D eigenvalue weighted by molar-refractivity contribution is 0.573. The van der Waals surface area contributed by atoms with E-state index >= 15 is 0 Å². The molecule has 1 aromatic heterocycles. The zero-order chi connectivity index (χ0) is 16.2. The lowest BCUT2D eigenvalue weighted by atomic mass is 10.1. The van der Waals surface area contributed by atoms with Crippen molar-refractivity contribution in [1.29, 1.82) is 0 Å².